The normalized spacial score (nSPS) is 15.9. The van der Waals surface area contributed by atoms with E-state index in [1.807, 2.05) is 0 Å². The van der Waals surface area contributed by atoms with Crippen molar-refractivity contribution in [3.8, 4) is 0 Å². The van der Waals surface area contributed by atoms with E-state index < -0.39 is 0 Å². The summed E-state index contributed by atoms with van der Waals surface area (Å²) in [5.41, 5.74) is 1.24. The third-order valence-electron chi connectivity index (χ3n) is 4.93. The fourth-order valence-electron chi connectivity index (χ4n) is 3.33. The molecule has 0 aliphatic carbocycles. The second-order valence-electron chi connectivity index (χ2n) is 7.38. The third-order valence-corrected chi connectivity index (χ3v) is 4.93. The molecular weight excluding hydrogens is 423 g/mol. The number of pyridine rings is 1. The van der Waals surface area contributed by atoms with Crippen LogP contribution in [0.1, 0.15) is 63.3 Å². The molecule has 0 saturated carbocycles. The number of cyclic esters (lactones) is 2. The molecule has 2 heterocycles. The number of aromatic nitrogens is 1. The summed E-state index contributed by atoms with van der Waals surface area (Å²) >= 11 is 1.06. The van der Waals surface area contributed by atoms with E-state index >= 15 is 0 Å². The molecule has 30 heavy (non-hydrogen) atoms. The number of nitrogens with zero attached hydrogens (tertiary/aromatic N) is 2. The van der Waals surface area contributed by atoms with Gasteiger partial charge >= 0.3 is 33.0 Å². The van der Waals surface area contributed by atoms with Gasteiger partial charge in [0.15, 0.2) is 0 Å². The van der Waals surface area contributed by atoms with Crippen molar-refractivity contribution in [3.63, 3.8) is 0 Å². The summed E-state index contributed by atoms with van der Waals surface area (Å²) in [5, 5.41) is 0. The zero-order chi connectivity index (χ0) is 22.0. The number of ether oxygens (including phenoxy) is 2. The third kappa shape index (κ3) is 12.2. The molecule has 0 radical (unpaired) electrons. The zero-order valence-electron chi connectivity index (χ0n) is 18.0. The first kappa shape index (κ1) is 26.5. The van der Waals surface area contributed by atoms with E-state index in [1.165, 1.54) is 38.5 Å². The standard InChI is InChI=1S/C22H34N2O4.O.V/c1-2-3-4-5-6-7-8-12-24-13-15-27-21(25)17-19-10-9-11-20(23-19)18-22(26)28-16-14-24;;/h9-11H,2-8,12-18H2,1H3;;. The molecule has 1 aromatic heterocycles. The van der Waals surface area contributed by atoms with Crippen LogP contribution in [0.15, 0.2) is 18.2 Å². The minimum absolute atomic E-state index is 0.126. The first-order chi connectivity index (χ1) is 14.7. The number of esters is 2. The van der Waals surface area contributed by atoms with Crippen LogP contribution in [0, 0.1) is 0 Å². The van der Waals surface area contributed by atoms with E-state index in [0.29, 0.717) is 37.7 Å². The van der Waals surface area contributed by atoms with Gasteiger partial charge in [0, 0.05) is 13.1 Å². The molecule has 0 unspecified atom stereocenters. The number of rotatable bonds is 8. The summed E-state index contributed by atoms with van der Waals surface area (Å²) in [6, 6.07) is 5.34. The number of carbonyl (C=O) groups is 2. The first-order valence-electron chi connectivity index (χ1n) is 10.8. The number of carbonyl (C=O) groups excluding carboxylic acids is 2. The number of hydrogen-bond acceptors (Lipinski definition) is 7. The summed E-state index contributed by atoms with van der Waals surface area (Å²) in [4.78, 5) is 30.6. The Balaban J connectivity index is 0.00000218. The van der Waals surface area contributed by atoms with Gasteiger partial charge in [-0.05, 0) is 25.1 Å². The van der Waals surface area contributed by atoms with E-state index in [9.17, 15) is 9.59 Å². The Kier molecular flexibility index (Phi) is 15.1. The second-order valence-corrected chi connectivity index (χ2v) is 7.38. The molecule has 0 atom stereocenters. The van der Waals surface area contributed by atoms with Gasteiger partial charge in [0.1, 0.15) is 13.2 Å². The molecule has 167 valence electrons. The van der Waals surface area contributed by atoms with Crippen LogP contribution in [0.25, 0.3) is 0 Å². The van der Waals surface area contributed by atoms with Crippen LogP contribution in [-0.4, -0.2) is 54.7 Å². The summed E-state index contributed by atoms with van der Waals surface area (Å²) < 4.78 is 18.9. The van der Waals surface area contributed by atoms with E-state index in [2.05, 4.69) is 16.8 Å². The zero-order valence-corrected chi connectivity index (χ0v) is 19.4. The van der Waals surface area contributed by atoms with E-state index in [1.54, 1.807) is 18.2 Å². The second kappa shape index (κ2) is 17.1. The van der Waals surface area contributed by atoms with Crippen LogP contribution >= 0.6 is 0 Å². The molecule has 0 amide bonds. The molecule has 8 heteroatoms. The Morgan fingerprint density at radius 2 is 1.37 bits per heavy atom. The Morgan fingerprint density at radius 1 is 0.867 bits per heavy atom. The molecule has 0 aromatic carbocycles. The van der Waals surface area contributed by atoms with Crippen molar-refractivity contribution in [2.75, 3.05) is 32.8 Å². The number of fused-ring (bicyclic) bond motifs is 2. The molecule has 0 spiro atoms. The maximum atomic E-state index is 12.0. The van der Waals surface area contributed by atoms with Gasteiger partial charge in [-0.25, -0.2) is 0 Å². The predicted molar refractivity (Wildman–Crippen MR) is 109 cm³/mol. The van der Waals surface area contributed by atoms with Gasteiger partial charge in [-0.2, -0.15) is 0 Å². The van der Waals surface area contributed by atoms with Crippen LogP contribution in [-0.2, 0) is 52.9 Å². The van der Waals surface area contributed by atoms with Gasteiger partial charge in [-0.15, -0.1) is 0 Å². The predicted octanol–water partition coefficient (Wildman–Crippen LogP) is 3.20. The van der Waals surface area contributed by atoms with Crippen molar-refractivity contribution >= 4 is 11.9 Å². The number of hydrogen-bond donors (Lipinski definition) is 0. The fourth-order valence-corrected chi connectivity index (χ4v) is 3.33. The molecule has 7 nitrogen and oxygen atoms in total. The van der Waals surface area contributed by atoms with E-state index in [0.717, 1.165) is 30.3 Å². The SMILES string of the molecule is CCCCCCCCCN1CCOC(=O)Cc2cccc(n2)CC(=O)OCC1.[O]=[V]. The van der Waals surface area contributed by atoms with Crippen LogP contribution < -0.4 is 0 Å². The van der Waals surface area contributed by atoms with Crippen molar-refractivity contribution in [2.24, 2.45) is 0 Å². The summed E-state index contributed by atoms with van der Waals surface area (Å²) in [6.07, 6.45) is 9.06. The fraction of sp³-hybridized carbons (Fsp3) is 0.682. The topological polar surface area (TPSA) is 85.8 Å². The van der Waals surface area contributed by atoms with Gasteiger partial charge in [0.2, 0.25) is 0 Å². The van der Waals surface area contributed by atoms with Crippen LogP contribution in [0.3, 0.4) is 0 Å². The monoisotopic (exact) mass is 457 g/mol. The molecule has 1 aromatic rings. The molecule has 0 N–H and O–H groups in total. The maximum absolute atomic E-state index is 12.0. The van der Waals surface area contributed by atoms with Gasteiger partial charge in [0.05, 0.1) is 24.2 Å². The minimum atomic E-state index is -0.278. The molecule has 0 fully saturated rings. The average Bonchev–Trinajstić information content (AvgIpc) is 2.74. The summed E-state index contributed by atoms with van der Waals surface area (Å²) in [7, 11) is 0. The van der Waals surface area contributed by atoms with Crippen molar-refractivity contribution < 1.29 is 40.1 Å². The molecular formula is C22H34N2O5V. The van der Waals surface area contributed by atoms with Gasteiger partial charge in [-0.1, -0.05) is 51.5 Å². The van der Waals surface area contributed by atoms with Crippen molar-refractivity contribution in [3.05, 3.63) is 29.6 Å². The van der Waals surface area contributed by atoms with E-state index in [-0.39, 0.29) is 24.8 Å². The number of unbranched alkanes of at least 4 members (excludes halogenated alkanes) is 6. The molecule has 2 rings (SSSR count). The van der Waals surface area contributed by atoms with Gasteiger partial charge in [-0.3, -0.25) is 19.5 Å². The van der Waals surface area contributed by atoms with Gasteiger partial charge < -0.3 is 9.47 Å². The van der Waals surface area contributed by atoms with Crippen molar-refractivity contribution in [2.45, 2.75) is 64.7 Å². The van der Waals surface area contributed by atoms with E-state index in [4.69, 9.17) is 13.1 Å². The Bertz CT molecular complexity index is 590. The summed E-state index contributed by atoms with van der Waals surface area (Å²) in [5.74, 6) is -0.555. The van der Waals surface area contributed by atoms with Crippen molar-refractivity contribution in [1.29, 1.82) is 0 Å². The van der Waals surface area contributed by atoms with Crippen molar-refractivity contribution in [1.82, 2.24) is 9.88 Å². The molecule has 1 aliphatic heterocycles. The Hall–Kier alpha value is -1.57. The van der Waals surface area contributed by atoms with Crippen LogP contribution in [0.2, 0.25) is 0 Å². The molecule has 1 aliphatic rings. The Labute approximate surface area is 189 Å². The van der Waals surface area contributed by atoms with Crippen LogP contribution in [0.4, 0.5) is 0 Å². The molecule has 2 bridgehead atoms. The first-order valence-corrected chi connectivity index (χ1v) is 11.4. The summed E-state index contributed by atoms with van der Waals surface area (Å²) in [6.45, 7) is 5.18. The average molecular weight is 457 g/mol. The quantitative estimate of drug-likeness (QED) is 0.438. The Morgan fingerprint density at radius 3 is 1.90 bits per heavy atom. The van der Waals surface area contributed by atoms with Gasteiger partial charge in [0.25, 0.3) is 0 Å². The van der Waals surface area contributed by atoms with Crippen LogP contribution in [0.5, 0.6) is 0 Å². The molecule has 0 saturated heterocycles.